The molecule has 2 rings (SSSR count). The monoisotopic (exact) mass is 290 g/mol. The molecule has 1 fully saturated rings. The Morgan fingerprint density at radius 2 is 1.62 bits per heavy atom. The topological polar surface area (TPSA) is 77.9 Å². The van der Waals surface area contributed by atoms with Gasteiger partial charge in [-0.05, 0) is 18.6 Å². The van der Waals surface area contributed by atoms with Crippen molar-refractivity contribution >= 4 is 17.8 Å². The van der Waals surface area contributed by atoms with Gasteiger partial charge in [-0.3, -0.25) is 14.4 Å². The lowest BCUT2D eigenvalue weighted by atomic mass is 10.1. The summed E-state index contributed by atoms with van der Waals surface area (Å²) in [6.45, 7) is 3.50. The summed E-state index contributed by atoms with van der Waals surface area (Å²) in [4.78, 5) is 37.8. The Labute approximate surface area is 123 Å². The predicted octanol–water partition coefficient (Wildman–Crippen LogP) is 0.754. The van der Waals surface area contributed by atoms with E-state index in [1.165, 1.54) is 4.90 Å². The van der Waals surface area contributed by atoms with Gasteiger partial charge in [0.15, 0.2) is 0 Å². The molecule has 1 N–H and O–H groups in total. The summed E-state index contributed by atoms with van der Waals surface area (Å²) >= 11 is 0. The van der Waals surface area contributed by atoms with Crippen LogP contribution in [0.3, 0.4) is 0 Å². The van der Waals surface area contributed by atoms with Crippen molar-refractivity contribution in [3.8, 4) is 0 Å². The highest BCUT2D eigenvalue weighted by atomic mass is 16.4. The van der Waals surface area contributed by atoms with Crippen molar-refractivity contribution < 1.29 is 19.5 Å². The number of benzene rings is 1. The van der Waals surface area contributed by atoms with Gasteiger partial charge in [0.1, 0.15) is 6.42 Å². The summed E-state index contributed by atoms with van der Waals surface area (Å²) in [5.41, 5.74) is 1.59. The first-order valence-electron chi connectivity index (χ1n) is 6.83. The number of carboxylic acids is 1. The van der Waals surface area contributed by atoms with Crippen LogP contribution in [0.2, 0.25) is 0 Å². The second-order valence-corrected chi connectivity index (χ2v) is 5.06. The van der Waals surface area contributed by atoms with Gasteiger partial charge in [-0.2, -0.15) is 0 Å². The molecule has 2 amide bonds. The van der Waals surface area contributed by atoms with Crippen LogP contribution in [-0.4, -0.2) is 58.9 Å². The van der Waals surface area contributed by atoms with Crippen LogP contribution in [0.5, 0.6) is 0 Å². The van der Waals surface area contributed by atoms with E-state index in [0.29, 0.717) is 31.7 Å². The molecule has 0 bridgehead atoms. The second kappa shape index (κ2) is 6.39. The van der Waals surface area contributed by atoms with E-state index in [1.807, 2.05) is 25.1 Å². The number of nitrogens with zero attached hydrogens (tertiary/aromatic N) is 2. The number of rotatable bonds is 3. The van der Waals surface area contributed by atoms with Crippen molar-refractivity contribution in [1.29, 1.82) is 0 Å². The number of hydrogen-bond acceptors (Lipinski definition) is 3. The van der Waals surface area contributed by atoms with Crippen LogP contribution in [-0.2, 0) is 9.59 Å². The van der Waals surface area contributed by atoms with Crippen molar-refractivity contribution in [2.45, 2.75) is 13.3 Å². The minimum absolute atomic E-state index is 0.0431. The largest absolute Gasteiger partial charge is 0.481 e. The van der Waals surface area contributed by atoms with Crippen LogP contribution in [0, 0.1) is 6.92 Å². The fourth-order valence-electron chi connectivity index (χ4n) is 2.38. The quantitative estimate of drug-likeness (QED) is 0.833. The van der Waals surface area contributed by atoms with Gasteiger partial charge in [0.25, 0.3) is 5.91 Å². The molecule has 112 valence electrons. The Morgan fingerprint density at radius 1 is 1.05 bits per heavy atom. The minimum Gasteiger partial charge on any atom is -0.481 e. The number of piperazine rings is 1. The van der Waals surface area contributed by atoms with Gasteiger partial charge in [-0.25, -0.2) is 0 Å². The van der Waals surface area contributed by atoms with Gasteiger partial charge in [-0.15, -0.1) is 0 Å². The van der Waals surface area contributed by atoms with Crippen LogP contribution in [0.1, 0.15) is 22.3 Å². The molecule has 1 aliphatic heterocycles. The average molecular weight is 290 g/mol. The van der Waals surface area contributed by atoms with Crippen LogP contribution in [0.4, 0.5) is 0 Å². The van der Waals surface area contributed by atoms with Gasteiger partial charge in [0, 0.05) is 31.7 Å². The van der Waals surface area contributed by atoms with E-state index in [1.54, 1.807) is 11.0 Å². The molecule has 1 saturated heterocycles. The fourth-order valence-corrected chi connectivity index (χ4v) is 2.38. The highest BCUT2D eigenvalue weighted by Gasteiger charge is 2.26. The van der Waals surface area contributed by atoms with Crippen LogP contribution in [0.15, 0.2) is 24.3 Å². The molecule has 0 unspecified atom stereocenters. The Hall–Kier alpha value is -2.37. The summed E-state index contributed by atoms with van der Waals surface area (Å²) in [7, 11) is 0. The van der Waals surface area contributed by atoms with Crippen LogP contribution in [0.25, 0.3) is 0 Å². The van der Waals surface area contributed by atoms with E-state index in [0.717, 1.165) is 5.56 Å². The van der Waals surface area contributed by atoms with Crippen molar-refractivity contribution in [1.82, 2.24) is 9.80 Å². The van der Waals surface area contributed by atoms with Gasteiger partial charge < -0.3 is 14.9 Å². The first kappa shape index (κ1) is 15.0. The number of carboxylic acid groups (broad SMARTS) is 1. The second-order valence-electron chi connectivity index (χ2n) is 5.06. The molecule has 0 spiro atoms. The molecule has 1 aliphatic rings. The van der Waals surface area contributed by atoms with Crippen LogP contribution >= 0.6 is 0 Å². The Morgan fingerprint density at radius 3 is 2.19 bits per heavy atom. The number of carbonyl (C=O) groups is 3. The van der Waals surface area contributed by atoms with Gasteiger partial charge in [0.05, 0.1) is 0 Å². The lowest BCUT2D eigenvalue weighted by Crippen LogP contribution is -2.51. The number of carbonyl (C=O) groups excluding carboxylic acids is 2. The molecule has 0 aromatic heterocycles. The maximum absolute atomic E-state index is 12.4. The minimum atomic E-state index is -1.13. The zero-order valence-electron chi connectivity index (χ0n) is 11.9. The van der Waals surface area contributed by atoms with Crippen molar-refractivity contribution in [2.24, 2.45) is 0 Å². The van der Waals surface area contributed by atoms with E-state index >= 15 is 0 Å². The molecule has 0 aliphatic carbocycles. The summed E-state index contributed by atoms with van der Waals surface area (Å²) in [6.07, 6.45) is -0.494. The number of hydrogen-bond donors (Lipinski definition) is 1. The molecule has 0 saturated carbocycles. The molecule has 21 heavy (non-hydrogen) atoms. The summed E-state index contributed by atoms with van der Waals surface area (Å²) in [5, 5.41) is 8.62. The maximum atomic E-state index is 12.4. The maximum Gasteiger partial charge on any atom is 0.312 e. The average Bonchev–Trinajstić information content (AvgIpc) is 2.46. The van der Waals surface area contributed by atoms with Gasteiger partial charge in [-0.1, -0.05) is 18.2 Å². The molecule has 1 aromatic carbocycles. The van der Waals surface area contributed by atoms with E-state index in [4.69, 9.17) is 5.11 Å². The molecular formula is C15H18N2O4. The Bertz CT molecular complexity index is 563. The zero-order chi connectivity index (χ0) is 15.4. The van der Waals surface area contributed by atoms with Crippen molar-refractivity contribution in [2.75, 3.05) is 26.2 Å². The highest BCUT2D eigenvalue weighted by molar-refractivity contribution is 5.96. The third kappa shape index (κ3) is 3.59. The van der Waals surface area contributed by atoms with Gasteiger partial charge in [0.2, 0.25) is 5.91 Å². The smallest absolute Gasteiger partial charge is 0.312 e. The third-order valence-electron chi connectivity index (χ3n) is 3.60. The summed E-state index contributed by atoms with van der Waals surface area (Å²) in [6, 6.07) is 7.39. The Balaban J connectivity index is 1.95. The lowest BCUT2D eigenvalue weighted by molar-refractivity contribution is -0.144. The molecule has 0 radical (unpaired) electrons. The standard InChI is InChI=1S/C15H18N2O4/c1-11-4-2-3-5-12(11)15(21)17-8-6-16(7-9-17)13(18)10-14(19)20/h2-5H,6-10H2,1H3,(H,19,20). The lowest BCUT2D eigenvalue weighted by Gasteiger charge is -2.34. The molecular weight excluding hydrogens is 272 g/mol. The van der Waals surface area contributed by atoms with Crippen molar-refractivity contribution in [3.63, 3.8) is 0 Å². The number of aliphatic carboxylic acids is 1. The summed E-state index contributed by atoms with van der Waals surface area (Å²) < 4.78 is 0. The summed E-state index contributed by atoms with van der Waals surface area (Å²) in [5.74, 6) is -1.57. The van der Waals surface area contributed by atoms with Crippen molar-refractivity contribution in [3.05, 3.63) is 35.4 Å². The van der Waals surface area contributed by atoms with Gasteiger partial charge >= 0.3 is 5.97 Å². The van der Waals surface area contributed by atoms with E-state index in [2.05, 4.69) is 0 Å². The number of aryl methyl sites for hydroxylation is 1. The Kier molecular flexibility index (Phi) is 4.57. The zero-order valence-corrected chi connectivity index (χ0v) is 11.9. The fraction of sp³-hybridized carbons (Fsp3) is 0.400. The molecule has 0 atom stereocenters. The molecule has 6 heteroatoms. The van der Waals surface area contributed by atoms with E-state index in [9.17, 15) is 14.4 Å². The first-order chi connectivity index (χ1) is 9.99. The van der Waals surface area contributed by atoms with E-state index in [-0.39, 0.29) is 5.91 Å². The SMILES string of the molecule is Cc1ccccc1C(=O)N1CCN(C(=O)CC(=O)O)CC1. The predicted molar refractivity (Wildman–Crippen MR) is 75.9 cm³/mol. The first-order valence-corrected chi connectivity index (χ1v) is 6.83. The molecule has 6 nitrogen and oxygen atoms in total. The van der Waals surface area contributed by atoms with E-state index < -0.39 is 18.3 Å². The molecule has 1 heterocycles. The number of amides is 2. The normalized spacial score (nSPS) is 14.9. The molecule has 1 aromatic rings. The third-order valence-corrected chi connectivity index (χ3v) is 3.60. The highest BCUT2D eigenvalue weighted by Crippen LogP contribution is 2.13. The van der Waals surface area contributed by atoms with Crippen LogP contribution < -0.4 is 0 Å².